The highest BCUT2D eigenvalue weighted by molar-refractivity contribution is 6.30. The fourth-order valence-corrected chi connectivity index (χ4v) is 7.33. The summed E-state index contributed by atoms with van der Waals surface area (Å²) in [6.07, 6.45) is 10.8. The van der Waals surface area contributed by atoms with Gasteiger partial charge in [-0.1, -0.05) is 49.9 Å². The first kappa shape index (κ1) is 39.2. The van der Waals surface area contributed by atoms with Gasteiger partial charge < -0.3 is 25.2 Å². The molecule has 4 aromatic heterocycles. The highest BCUT2D eigenvalue weighted by Gasteiger charge is 2.36. The van der Waals surface area contributed by atoms with Crippen LogP contribution in [-0.2, 0) is 17.8 Å². The number of ether oxygens (including phenoxy) is 1. The number of nitrogens with one attached hydrogen (secondary N) is 2. The molecular weight excluding hydrogens is 701 g/mol. The summed E-state index contributed by atoms with van der Waals surface area (Å²) in [6.45, 7) is 8.21. The van der Waals surface area contributed by atoms with Crippen molar-refractivity contribution in [2.24, 2.45) is 0 Å². The van der Waals surface area contributed by atoms with Crippen molar-refractivity contribution in [3.63, 3.8) is 0 Å². The summed E-state index contributed by atoms with van der Waals surface area (Å²) in [7, 11) is 3.75. The lowest BCUT2D eigenvalue weighted by molar-refractivity contribution is 0.0210. The van der Waals surface area contributed by atoms with Gasteiger partial charge in [-0.05, 0) is 77.8 Å². The van der Waals surface area contributed by atoms with Gasteiger partial charge in [0.15, 0.2) is 0 Å². The van der Waals surface area contributed by atoms with E-state index in [0.717, 1.165) is 70.3 Å². The van der Waals surface area contributed by atoms with Crippen molar-refractivity contribution in [2.45, 2.75) is 104 Å². The first-order valence-corrected chi connectivity index (χ1v) is 18.5. The van der Waals surface area contributed by atoms with E-state index in [4.69, 9.17) is 27.9 Å². The Balaban J connectivity index is 0.000000200. The zero-order valence-corrected chi connectivity index (χ0v) is 31.5. The third-order valence-electron chi connectivity index (χ3n) is 9.47. The molecule has 14 heteroatoms. The molecule has 4 aromatic rings. The van der Waals surface area contributed by atoms with Crippen molar-refractivity contribution in [3.8, 4) is 0 Å². The third kappa shape index (κ3) is 8.95. The smallest absolute Gasteiger partial charge is 0.410 e. The number of nitrogens with zero attached hydrogens (tertiary/aromatic N) is 7. The summed E-state index contributed by atoms with van der Waals surface area (Å²) in [4.78, 5) is 48.6. The van der Waals surface area contributed by atoms with Gasteiger partial charge in [-0.15, -0.1) is 0 Å². The second-order valence-electron chi connectivity index (χ2n) is 14.5. The van der Waals surface area contributed by atoms with Crippen LogP contribution in [0.4, 0.5) is 21.0 Å². The van der Waals surface area contributed by atoms with Crippen molar-refractivity contribution < 1.29 is 14.3 Å². The van der Waals surface area contributed by atoms with Crippen LogP contribution >= 0.6 is 23.2 Å². The number of carbonyl (C=O) groups is 2. The van der Waals surface area contributed by atoms with E-state index in [-0.39, 0.29) is 31.6 Å². The lowest BCUT2D eigenvalue weighted by atomic mass is 9.93. The molecule has 3 amide bonds. The topological polar surface area (TPSA) is 129 Å². The van der Waals surface area contributed by atoms with Crippen molar-refractivity contribution in [1.82, 2.24) is 35.1 Å². The minimum atomic E-state index is -0.477. The number of likely N-dealkylation sites (tertiary alicyclic amines) is 1. The van der Waals surface area contributed by atoms with Gasteiger partial charge in [0.2, 0.25) is 0 Å². The molecule has 1 saturated carbocycles. The van der Waals surface area contributed by atoms with Crippen LogP contribution in [0.25, 0.3) is 22.1 Å². The molecule has 2 fully saturated rings. The van der Waals surface area contributed by atoms with Crippen LogP contribution in [0.15, 0.2) is 36.7 Å². The Hall–Kier alpha value is -4.00. The molecule has 6 heterocycles. The van der Waals surface area contributed by atoms with E-state index in [1.54, 1.807) is 21.9 Å². The molecule has 7 rings (SSSR count). The molecule has 1 aliphatic carbocycles. The van der Waals surface area contributed by atoms with E-state index >= 15 is 0 Å². The molecule has 0 spiro atoms. The zero-order chi connectivity index (χ0) is 36.3. The number of hydrogen-bond acceptors (Lipinski definition) is 9. The predicted molar refractivity (Wildman–Crippen MR) is 209 cm³/mol. The predicted octanol–water partition coefficient (Wildman–Crippen LogP) is 8.44. The maximum Gasteiger partial charge on any atom is 0.410 e. The molecule has 0 bridgehead atoms. The van der Waals surface area contributed by atoms with E-state index in [9.17, 15) is 9.59 Å². The van der Waals surface area contributed by atoms with Gasteiger partial charge in [-0.2, -0.15) is 0 Å². The number of anilines is 2. The van der Waals surface area contributed by atoms with E-state index in [2.05, 4.69) is 30.6 Å². The molecule has 0 atom stereocenters. The summed E-state index contributed by atoms with van der Waals surface area (Å²) in [6, 6.07) is 7.77. The molecule has 3 aliphatic rings. The van der Waals surface area contributed by atoms with Crippen LogP contribution in [0, 0.1) is 0 Å². The highest BCUT2D eigenvalue weighted by atomic mass is 35.5. The molecule has 0 unspecified atom stereocenters. The summed E-state index contributed by atoms with van der Waals surface area (Å²) < 4.78 is 5.48. The first-order chi connectivity index (χ1) is 24.4. The lowest BCUT2D eigenvalue weighted by Gasteiger charge is -2.41. The number of carbonyl (C=O) groups excluding carboxylic acids is 2. The molecule has 2 N–H and O–H groups in total. The summed E-state index contributed by atoms with van der Waals surface area (Å²) in [5, 5.41) is 7.68. The fraction of sp³-hybridized carbons (Fsp3) is 0.526. The van der Waals surface area contributed by atoms with Gasteiger partial charge in [-0.3, -0.25) is 14.9 Å². The number of halogens is 2. The molecule has 52 heavy (non-hydrogen) atoms. The summed E-state index contributed by atoms with van der Waals surface area (Å²) in [5.74, 6) is 0. The van der Waals surface area contributed by atoms with Crippen molar-refractivity contribution in [3.05, 3.63) is 58.1 Å². The van der Waals surface area contributed by atoms with Crippen LogP contribution in [0.5, 0.6) is 0 Å². The number of pyridine rings is 4. The minimum absolute atomic E-state index is 0. The number of fused-ring (bicyclic) bond motifs is 4. The van der Waals surface area contributed by atoms with E-state index < -0.39 is 5.60 Å². The Kier molecular flexibility index (Phi) is 12.6. The van der Waals surface area contributed by atoms with E-state index in [0.29, 0.717) is 36.5 Å². The Labute approximate surface area is 316 Å². The molecule has 2 aliphatic heterocycles. The first-order valence-electron chi connectivity index (χ1n) is 17.7. The number of hydrogen-bond donors (Lipinski definition) is 2. The minimum Gasteiger partial charge on any atom is -0.444 e. The Morgan fingerprint density at radius 3 is 2.17 bits per heavy atom. The van der Waals surface area contributed by atoms with E-state index in [1.165, 1.54) is 19.3 Å². The van der Waals surface area contributed by atoms with Crippen LogP contribution in [0.1, 0.15) is 84.3 Å². The second-order valence-corrected chi connectivity index (χ2v) is 15.3. The number of urea groups is 1. The molecule has 0 radical (unpaired) electrons. The SMILES string of the molecule is C.CN1Cc2cnc3ccc(Cl)nc3c2N(C2CCCCC2)C1=O.CNCc1cnc2ccc(Cl)nc2c1NC1CCN(C(=O)OC(C)(C)C)CC1. The Morgan fingerprint density at radius 1 is 0.923 bits per heavy atom. The average Bonchev–Trinajstić information content (AvgIpc) is 3.10. The summed E-state index contributed by atoms with van der Waals surface area (Å²) in [5.41, 5.74) is 6.57. The van der Waals surface area contributed by atoms with Crippen LogP contribution in [0.3, 0.4) is 0 Å². The van der Waals surface area contributed by atoms with Gasteiger partial charge in [0.25, 0.3) is 0 Å². The Bertz CT molecular complexity index is 1890. The number of aromatic nitrogens is 4. The maximum atomic E-state index is 12.9. The Morgan fingerprint density at radius 2 is 1.54 bits per heavy atom. The molecule has 280 valence electrons. The lowest BCUT2D eigenvalue weighted by Crippen LogP contribution is -2.51. The van der Waals surface area contributed by atoms with Gasteiger partial charge in [-0.25, -0.2) is 19.6 Å². The number of piperidine rings is 1. The normalized spacial score (nSPS) is 17.0. The third-order valence-corrected chi connectivity index (χ3v) is 9.89. The zero-order valence-electron chi connectivity index (χ0n) is 30.0. The molecular formula is C38H51Cl2N9O3. The van der Waals surface area contributed by atoms with Crippen molar-refractivity contribution in [2.75, 3.05) is 37.4 Å². The standard InChI is InChI=1S/C20H28ClN5O2.C17H19ClN4O.CH4/c1-20(2,3)28-19(27)26-9-7-14(8-10-26)24-17-13(11-22-4)12-23-15-5-6-16(21)25-18(15)17;1-21-10-11-9-19-13-7-8-14(18)20-15(13)16(11)22(17(21)23)12-5-3-2-4-6-12;/h5-6,12,14,22H,7-11H2,1-4H3,(H,23,24);7-9,12H,2-6,10H2,1H3;1H4. The largest absolute Gasteiger partial charge is 0.444 e. The maximum absolute atomic E-state index is 12.9. The summed E-state index contributed by atoms with van der Waals surface area (Å²) >= 11 is 12.2. The van der Waals surface area contributed by atoms with Crippen LogP contribution < -0.4 is 15.5 Å². The van der Waals surface area contributed by atoms with Gasteiger partial charge >= 0.3 is 12.1 Å². The average molecular weight is 753 g/mol. The molecule has 0 aromatic carbocycles. The van der Waals surface area contributed by atoms with Crippen LogP contribution in [-0.4, -0.2) is 86.7 Å². The number of amides is 3. The van der Waals surface area contributed by atoms with E-state index in [1.807, 2.05) is 64.3 Å². The quantitative estimate of drug-likeness (QED) is 0.193. The monoisotopic (exact) mass is 751 g/mol. The van der Waals surface area contributed by atoms with Crippen molar-refractivity contribution >= 4 is 68.8 Å². The molecule has 12 nitrogen and oxygen atoms in total. The molecule has 1 saturated heterocycles. The van der Waals surface area contributed by atoms with Crippen molar-refractivity contribution in [1.29, 1.82) is 0 Å². The van der Waals surface area contributed by atoms with Gasteiger partial charge in [0.05, 0.1) is 29.0 Å². The fourth-order valence-electron chi connectivity index (χ4n) is 7.04. The second kappa shape index (κ2) is 16.8. The number of rotatable bonds is 5. The van der Waals surface area contributed by atoms with Gasteiger partial charge in [0.1, 0.15) is 26.9 Å². The van der Waals surface area contributed by atoms with Gasteiger partial charge in [0, 0.05) is 62.3 Å². The van der Waals surface area contributed by atoms with Crippen LogP contribution in [0.2, 0.25) is 10.3 Å². The highest BCUT2D eigenvalue weighted by Crippen LogP contribution is 2.38.